The van der Waals surface area contributed by atoms with Gasteiger partial charge in [-0.25, -0.2) is 9.59 Å². The second-order valence-electron chi connectivity index (χ2n) is 3.51. The Morgan fingerprint density at radius 3 is 2.67 bits per heavy atom. The van der Waals surface area contributed by atoms with E-state index in [9.17, 15) is 9.59 Å². The van der Waals surface area contributed by atoms with Gasteiger partial charge in [0, 0.05) is 23.7 Å². The van der Waals surface area contributed by atoms with Crippen molar-refractivity contribution in [2.45, 2.75) is 12.5 Å². The van der Waals surface area contributed by atoms with Gasteiger partial charge in [-0.05, 0) is 18.2 Å². The van der Waals surface area contributed by atoms with Crippen LogP contribution in [0.25, 0.3) is 0 Å². The van der Waals surface area contributed by atoms with Crippen LogP contribution in [0.5, 0.6) is 0 Å². The zero-order valence-electron chi connectivity index (χ0n) is 9.39. The fraction of sp³-hybridized carbons (Fsp3) is 0.273. The van der Waals surface area contributed by atoms with Crippen LogP contribution in [-0.4, -0.2) is 34.9 Å². The third-order valence-electron chi connectivity index (χ3n) is 2.10. The number of nitrogens with one attached hydrogen (secondary N) is 2. The van der Waals surface area contributed by atoms with Crippen LogP contribution in [0.1, 0.15) is 6.42 Å². The van der Waals surface area contributed by atoms with Crippen LogP contribution in [0.2, 0.25) is 5.02 Å². The van der Waals surface area contributed by atoms with Gasteiger partial charge < -0.3 is 20.8 Å². The minimum absolute atomic E-state index is 0.0572. The van der Waals surface area contributed by atoms with E-state index in [-0.39, 0.29) is 13.0 Å². The number of halogens is 1. The lowest BCUT2D eigenvalue weighted by molar-refractivity contribution is -0.139. The topological polar surface area (TPSA) is 98.7 Å². The van der Waals surface area contributed by atoms with Crippen molar-refractivity contribution >= 4 is 29.3 Å². The number of hydrogen-bond acceptors (Lipinski definition) is 3. The van der Waals surface area contributed by atoms with E-state index in [1.807, 2.05) is 0 Å². The van der Waals surface area contributed by atoms with Gasteiger partial charge in [-0.1, -0.05) is 17.7 Å². The summed E-state index contributed by atoms with van der Waals surface area (Å²) in [6, 6.07) is 4.65. The molecule has 2 amide bonds. The first-order chi connectivity index (χ1) is 8.52. The van der Waals surface area contributed by atoms with Gasteiger partial charge in [-0.2, -0.15) is 0 Å². The van der Waals surface area contributed by atoms with Crippen LogP contribution >= 0.6 is 11.6 Å². The zero-order valence-corrected chi connectivity index (χ0v) is 10.1. The number of amides is 2. The average molecular weight is 273 g/mol. The summed E-state index contributed by atoms with van der Waals surface area (Å²) in [5.74, 6) is -1.20. The van der Waals surface area contributed by atoms with Crippen molar-refractivity contribution in [1.82, 2.24) is 5.32 Å². The number of rotatable bonds is 5. The average Bonchev–Trinajstić information content (AvgIpc) is 2.28. The number of carboxylic acids is 1. The molecule has 0 bridgehead atoms. The van der Waals surface area contributed by atoms with Crippen LogP contribution in [-0.2, 0) is 4.79 Å². The standard InChI is InChI=1S/C11H13ClN2O4/c12-7-2-1-3-8(6-7)13-11(18)14-9(4-5-15)10(16)17/h1-3,6,9,15H,4-5H2,(H,16,17)(H2,13,14,18). The molecule has 1 unspecified atom stereocenters. The van der Waals surface area contributed by atoms with Crippen molar-refractivity contribution in [3.63, 3.8) is 0 Å². The van der Waals surface area contributed by atoms with Crippen LogP contribution < -0.4 is 10.6 Å². The van der Waals surface area contributed by atoms with Gasteiger partial charge in [0.1, 0.15) is 6.04 Å². The number of benzene rings is 1. The molecule has 18 heavy (non-hydrogen) atoms. The number of carbonyl (C=O) groups is 2. The number of urea groups is 1. The molecule has 0 saturated carbocycles. The number of hydrogen-bond donors (Lipinski definition) is 4. The predicted molar refractivity (Wildman–Crippen MR) is 66.7 cm³/mol. The monoisotopic (exact) mass is 272 g/mol. The molecular weight excluding hydrogens is 260 g/mol. The molecule has 1 aromatic rings. The van der Waals surface area contributed by atoms with Crippen molar-refractivity contribution in [2.24, 2.45) is 0 Å². The normalized spacial score (nSPS) is 11.7. The smallest absolute Gasteiger partial charge is 0.326 e. The minimum atomic E-state index is -1.20. The van der Waals surface area contributed by atoms with Gasteiger partial charge in [0.05, 0.1) is 0 Å². The molecule has 6 nitrogen and oxygen atoms in total. The van der Waals surface area contributed by atoms with E-state index in [1.165, 1.54) is 6.07 Å². The van der Waals surface area contributed by atoms with Crippen molar-refractivity contribution in [3.8, 4) is 0 Å². The summed E-state index contributed by atoms with van der Waals surface area (Å²) in [5.41, 5.74) is 0.452. The van der Waals surface area contributed by atoms with Crippen molar-refractivity contribution in [1.29, 1.82) is 0 Å². The first-order valence-corrected chi connectivity index (χ1v) is 5.57. The molecule has 1 rings (SSSR count). The Labute approximate surface area is 109 Å². The first-order valence-electron chi connectivity index (χ1n) is 5.19. The molecule has 98 valence electrons. The third kappa shape index (κ3) is 4.60. The number of anilines is 1. The highest BCUT2D eigenvalue weighted by Gasteiger charge is 2.18. The van der Waals surface area contributed by atoms with Crippen LogP contribution in [0.15, 0.2) is 24.3 Å². The lowest BCUT2D eigenvalue weighted by Crippen LogP contribution is -2.43. The van der Waals surface area contributed by atoms with E-state index >= 15 is 0 Å². The summed E-state index contributed by atoms with van der Waals surface area (Å²) >= 11 is 5.74. The molecule has 0 fully saturated rings. The summed E-state index contributed by atoms with van der Waals surface area (Å²) in [7, 11) is 0. The summed E-state index contributed by atoms with van der Waals surface area (Å²) in [6.07, 6.45) is -0.0572. The molecule has 0 aliphatic carbocycles. The summed E-state index contributed by atoms with van der Waals surface area (Å²) < 4.78 is 0. The third-order valence-corrected chi connectivity index (χ3v) is 2.34. The van der Waals surface area contributed by atoms with Crippen molar-refractivity contribution in [3.05, 3.63) is 29.3 Å². The van der Waals surface area contributed by atoms with E-state index in [2.05, 4.69) is 10.6 Å². The highest BCUT2D eigenvalue weighted by atomic mass is 35.5. The summed E-state index contributed by atoms with van der Waals surface area (Å²) in [5, 5.41) is 22.6. The second kappa shape index (κ2) is 6.83. The molecule has 0 saturated heterocycles. The van der Waals surface area contributed by atoms with Crippen molar-refractivity contribution < 1.29 is 19.8 Å². The van der Waals surface area contributed by atoms with Gasteiger partial charge in [-0.3, -0.25) is 0 Å². The Bertz CT molecular complexity index is 439. The molecule has 0 spiro atoms. The van der Waals surface area contributed by atoms with E-state index in [1.54, 1.807) is 18.2 Å². The Balaban J connectivity index is 2.57. The molecule has 0 aliphatic rings. The van der Waals surface area contributed by atoms with Crippen LogP contribution in [0, 0.1) is 0 Å². The quantitative estimate of drug-likeness (QED) is 0.649. The Morgan fingerprint density at radius 2 is 2.11 bits per heavy atom. The zero-order chi connectivity index (χ0) is 13.5. The fourth-order valence-electron chi connectivity index (χ4n) is 1.28. The number of carboxylic acid groups (broad SMARTS) is 1. The molecule has 1 atom stereocenters. The molecule has 0 heterocycles. The van der Waals surface area contributed by atoms with Gasteiger partial charge in [-0.15, -0.1) is 0 Å². The lowest BCUT2D eigenvalue weighted by atomic mass is 10.2. The van der Waals surface area contributed by atoms with Gasteiger partial charge in [0.25, 0.3) is 0 Å². The molecule has 0 aliphatic heterocycles. The van der Waals surface area contributed by atoms with Crippen molar-refractivity contribution in [2.75, 3.05) is 11.9 Å². The molecule has 0 radical (unpaired) electrons. The Morgan fingerprint density at radius 1 is 1.39 bits per heavy atom. The van der Waals surface area contributed by atoms with E-state index in [0.717, 1.165) is 0 Å². The molecule has 0 aromatic heterocycles. The largest absolute Gasteiger partial charge is 0.480 e. The maximum absolute atomic E-state index is 11.5. The molecule has 4 N–H and O–H groups in total. The van der Waals surface area contributed by atoms with Gasteiger partial charge >= 0.3 is 12.0 Å². The predicted octanol–water partition coefficient (Wildman–Crippen LogP) is 1.30. The fourth-order valence-corrected chi connectivity index (χ4v) is 1.47. The number of aliphatic hydroxyl groups excluding tert-OH is 1. The van der Waals surface area contributed by atoms with Gasteiger partial charge in [0.2, 0.25) is 0 Å². The molecule has 1 aromatic carbocycles. The van der Waals surface area contributed by atoms with E-state index in [4.69, 9.17) is 21.8 Å². The Hall–Kier alpha value is -1.79. The highest BCUT2D eigenvalue weighted by Crippen LogP contribution is 2.14. The van der Waals surface area contributed by atoms with E-state index in [0.29, 0.717) is 10.7 Å². The highest BCUT2D eigenvalue weighted by molar-refractivity contribution is 6.30. The second-order valence-corrected chi connectivity index (χ2v) is 3.95. The maximum atomic E-state index is 11.5. The molecular formula is C11H13ClN2O4. The maximum Gasteiger partial charge on any atom is 0.326 e. The van der Waals surface area contributed by atoms with Gasteiger partial charge in [0.15, 0.2) is 0 Å². The lowest BCUT2D eigenvalue weighted by Gasteiger charge is -2.14. The number of aliphatic carboxylic acids is 1. The number of aliphatic hydroxyl groups is 1. The molecule has 7 heteroatoms. The first kappa shape index (κ1) is 14.3. The Kier molecular flexibility index (Phi) is 5.41. The van der Waals surface area contributed by atoms with Crippen LogP contribution in [0.4, 0.5) is 10.5 Å². The summed E-state index contributed by atoms with van der Waals surface area (Å²) in [6.45, 7) is -0.325. The van der Waals surface area contributed by atoms with E-state index < -0.39 is 18.0 Å². The summed E-state index contributed by atoms with van der Waals surface area (Å²) in [4.78, 5) is 22.3. The SMILES string of the molecule is O=C(Nc1cccc(Cl)c1)NC(CCO)C(=O)O. The minimum Gasteiger partial charge on any atom is -0.480 e. The number of carbonyl (C=O) groups excluding carboxylic acids is 1. The van der Waals surface area contributed by atoms with Crippen LogP contribution in [0.3, 0.4) is 0 Å².